The van der Waals surface area contributed by atoms with Crippen molar-refractivity contribution in [2.75, 3.05) is 0 Å². The van der Waals surface area contributed by atoms with Crippen molar-refractivity contribution in [2.45, 2.75) is 108 Å². The standard InChI is InChI=1S/C25H47OPSi/c1-22(2,3)16-17(23(4,5)6)20-19(26-28(13,14)15)18(24(7,8)9)21(27-20)25(10,11)12/h16,21H,1-15H3/b17-16+/t21-/m0/s1. The summed E-state index contributed by atoms with van der Waals surface area (Å²) in [7, 11) is -0.336. The molecule has 1 rings (SSSR count). The highest BCUT2D eigenvalue weighted by Crippen LogP contribution is 2.53. The first-order chi connectivity index (χ1) is 12.0. The molecule has 0 aromatic carbocycles. The quantitative estimate of drug-likeness (QED) is 0.326. The van der Waals surface area contributed by atoms with E-state index in [-0.39, 0.29) is 21.7 Å². The van der Waals surface area contributed by atoms with Gasteiger partial charge in [-0.3, -0.25) is 0 Å². The van der Waals surface area contributed by atoms with Crippen molar-refractivity contribution in [3.05, 3.63) is 23.0 Å². The van der Waals surface area contributed by atoms with Crippen LogP contribution < -0.4 is 0 Å². The largest absolute Gasteiger partial charge is 0.544 e. The second-order valence-corrected chi connectivity index (χ2v) is 19.3. The van der Waals surface area contributed by atoms with Crippen molar-refractivity contribution in [1.29, 1.82) is 0 Å². The molecule has 0 amide bonds. The first kappa shape index (κ1) is 25.7. The lowest BCUT2D eigenvalue weighted by Gasteiger charge is -2.36. The van der Waals surface area contributed by atoms with Crippen LogP contribution in [0.3, 0.4) is 0 Å². The van der Waals surface area contributed by atoms with Crippen LogP contribution in [0, 0.1) is 21.7 Å². The Kier molecular flexibility index (Phi) is 7.10. The second-order valence-electron chi connectivity index (χ2n) is 13.6. The van der Waals surface area contributed by atoms with Crippen LogP contribution in [0.25, 0.3) is 0 Å². The van der Waals surface area contributed by atoms with Crippen molar-refractivity contribution in [1.82, 2.24) is 0 Å². The van der Waals surface area contributed by atoms with E-state index in [0.717, 1.165) is 0 Å². The molecular weight excluding hydrogens is 375 g/mol. The van der Waals surface area contributed by atoms with Crippen LogP contribution in [-0.4, -0.2) is 19.3 Å². The third kappa shape index (κ3) is 6.87. The molecule has 0 aromatic heterocycles. The number of hydrogen-bond donors (Lipinski definition) is 0. The predicted octanol–water partition coefficient (Wildman–Crippen LogP) is 8.70. The molecule has 0 N–H and O–H groups in total. The van der Waals surface area contributed by atoms with Gasteiger partial charge in [0, 0.05) is 11.0 Å². The maximum atomic E-state index is 6.90. The van der Waals surface area contributed by atoms with Crippen LogP contribution in [0.5, 0.6) is 0 Å². The van der Waals surface area contributed by atoms with Crippen molar-refractivity contribution in [3.63, 3.8) is 0 Å². The van der Waals surface area contributed by atoms with E-state index in [0.29, 0.717) is 5.66 Å². The Bertz CT molecular complexity index is 675. The Morgan fingerprint density at radius 2 is 1.32 bits per heavy atom. The molecule has 1 atom stereocenters. The normalized spacial score (nSPS) is 21.2. The Hall–Kier alpha value is -0.333. The van der Waals surface area contributed by atoms with Gasteiger partial charge in [-0.2, -0.15) is 0 Å². The molecule has 0 saturated heterocycles. The molecule has 0 aliphatic carbocycles. The van der Waals surface area contributed by atoms with Crippen LogP contribution in [0.1, 0.15) is 83.1 Å². The van der Waals surface area contributed by atoms with E-state index in [2.05, 4.69) is 109 Å². The highest BCUT2D eigenvalue weighted by atomic mass is 31.1. The summed E-state index contributed by atoms with van der Waals surface area (Å²) in [5.74, 6) is 1.22. The summed E-state index contributed by atoms with van der Waals surface area (Å²) in [6.07, 6.45) is 2.49. The highest BCUT2D eigenvalue weighted by molar-refractivity contribution is 7.44. The number of rotatable bonds is 3. The minimum Gasteiger partial charge on any atom is -0.544 e. The van der Waals surface area contributed by atoms with Crippen molar-refractivity contribution >= 4 is 21.8 Å². The Labute approximate surface area is 179 Å². The van der Waals surface area contributed by atoms with Crippen LogP contribution >= 0.6 is 8.20 Å². The van der Waals surface area contributed by atoms with Gasteiger partial charge in [-0.1, -0.05) is 97.4 Å². The molecule has 1 heterocycles. The molecule has 0 saturated carbocycles. The lowest BCUT2D eigenvalue weighted by Crippen LogP contribution is -2.33. The summed E-state index contributed by atoms with van der Waals surface area (Å²) in [5, 5.41) is 1.44. The zero-order chi connectivity index (χ0) is 22.5. The van der Waals surface area contributed by atoms with Gasteiger partial charge in [0.15, 0.2) is 0 Å². The molecule has 0 fully saturated rings. The molecule has 0 radical (unpaired) electrons. The zero-order valence-electron chi connectivity index (χ0n) is 21.5. The van der Waals surface area contributed by atoms with Crippen LogP contribution in [0.2, 0.25) is 19.6 Å². The van der Waals surface area contributed by atoms with Crippen molar-refractivity contribution < 1.29 is 4.43 Å². The minimum absolute atomic E-state index is 0.0828. The number of hydrogen-bond acceptors (Lipinski definition) is 1. The maximum Gasteiger partial charge on any atom is 0.242 e. The van der Waals surface area contributed by atoms with Gasteiger partial charge in [-0.25, -0.2) is 0 Å². The van der Waals surface area contributed by atoms with E-state index in [1.54, 1.807) is 0 Å². The van der Waals surface area contributed by atoms with E-state index < -0.39 is 8.32 Å². The van der Waals surface area contributed by atoms with Gasteiger partial charge in [-0.05, 0) is 52.4 Å². The highest BCUT2D eigenvalue weighted by Gasteiger charge is 2.44. The third-order valence-electron chi connectivity index (χ3n) is 4.67. The molecular formula is C25H47OPSi. The molecule has 28 heavy (non-hydrogen) atoms. The SMILES string of the molecule is CC(C)(C)/C=C(\C1=P[C@H](C(C)(C)C)C(C(C)(C)C)=C1O[Si](C)(C)C)C(C)(C)C. The van der Waals surface area contributed by atoms with Crippen molar-refractivity contribution in [3.8, 4) is 0 Å². The van der Waals surface area contributed by atoms with E-state index in [1.165, 1.54) is 30.4 Å². The van der Waals surface area contributed by atoms with Crippen LogP contribution in [0.4, 0.5) is 0 Å². The van der Waals surface area contributed by atoms with Gasteiger partial charge in [0.05, 0.1) is 0 Å². The first-order valence-corrected chi connectivity index (χ1v) is 15.2. The van der Waals surface area contributed by atoms with Gasteiger partial charge in [0.2, 0.25) is 8.32 Å². The van der Waals surface area contributed by atoms with Gasteiger partial charge >= 0.3 is 0 Å². The maximum absolute atomic E-state index is 6.90. The fourth-order valence-electron chi connectivity index (χ4n) is 3.56. The second kappa shape index (κ2) is 7.73. The van der Waals surface area contributed by atoms with Gasteiger partial charge in [0.25, 0.3) is 0 Å². The average Bonchev–Trinajstić information content (AvgIpc) is 2.69. The molecule has 0 aromatic rings. The minimum atomic E-state index is -1.75. The van der Waals surface area contributed by atoms with E-state index in [1.807, 2.05) is 0 Å². The van der Waals surface area contributed by atoms with Gasteiger partial charge in [-0.15, -0.1) is 0 Å². The molecule has 1 aliphatic heterocycles. The Balaban J connectivity index is 3.92. The summed E-state index contributed by atoms with van der Waals surface area (Å²) in [6.45, 7) is 35.1. The molecule has 0 unspecified atom stereocenters. The Morgan fingerprint density at radius 3 is 1.61 bits per heavy atom. The topological polar surface area (TPSA) is 9.23 Å². The fraction of sp³-hybridized carbons (Fsp3) is 0.800. The smallest absolute Gasteiger partial charge is 0.242 e. The monoisotopic (exact) mass is 422 g/mol. The average molecular weight is 423 g/mol. The molecule has 1 aliphatic rings. The Morgan fingerprint density at radius 1 is 0.857 bits per heavy atom. The van der Waals surface area contributed by atoms with Gasteiger partial charge < -0.3 is 4.43 Å². The van der Waals surface area contributed by atoms with Gasteiger partial charge in [0.1, 0.15) is 5.76 Å². The molecule has 162 valence electrons. The van der Waals surface area contributed by atoms with Crippen LogP contribution in [0.15, 0.2) is 23.0 Å². The number of allylic oxidation sites excluding steroid dienone is 3. The molecule has 1 nitrogen and oxygen atoms in total. The summed E-state index contributed by atoms with van der Waals surface area (Å²) in [6, 6.07) is 0. The zero-order valence-corrected chi connectivity index (χ0v) is 23.4. The lowest BCUT2D eigenvalue weighted by atomic mass is 9.73. The third-order valence-corrected chi connectivity index (χ3v) is 7.48. The molecule has 3 heteroatoms. The summed E-state index contributed by atoms with van der Waals surface area (Å²) in [4.78, 5) is 0. The molecule has 0 bridgehead atoms. The summed E-state index contributed by atoms with van der Waals surface area (Å²) < 4.78 is 6.90. The lowest BCUT2D eigenvalue weighted by molar-refractivity contribution is 0.345. The molecule has 0 spiro atoms. The van der Waals surface area contributed by atoms with Crippen molar-refractivity contribution in [2.24, 2.45) is 21.7 Å². The van der Waals surface area contributed by atoms with E-state index in [4.69, 9.17) is 4.43 Å². The van der Waals surface area contributed by atoms with Crippen LogP contribution in [-0.2, 0) is 4.43 Å². The summed E-state index contributed by atoms with van der Waals surface area (Å²) in [5.41, 5.74) is 3.97. The first-order valence-electron chi connectivity index (χ1n) is 10.8. The van der Waals surface area contributed by atoms with E-state index >= 15 is 0 Å². The summed E-state index contributed by atoms with van der Waals surface area (Å²) >= 11 is 0. The van der Waals surface area contributed by atoms with E-state index in [9.17, 15) is 0 Å². The fourth-order valence-corrected chi connectivity index (χ4v) is 6.57. The predicted molar refractivity (Wildman–Crippen MR) is 133 cm³/mol.